The molecule has 0 aliphatic carbocycles. The Labute approximate surface area is 102 Å². The van der Waals surface area contributed by atoms with E-state index in [1.807, 2.05) is 39.8 Å². The van der Waals surface area contributed by atoms with E-state index in [1.54, 1.807) is 6.07 Å². The second-order valence-corrected chi connectivity index (χ2v) is 5.58. The van der Waals surface area contributed by atoms with Gasteiger partial charge in [0.1, 0.15) is 5.75 Å². The monoisotopic (exact) mass is 236 g/mol. The molecule has 1 atom stereocenters. The molecule has 0 saturated carbocycles. The average Bonchev–Trinajstić information content (AvgIpc) is 2.17. The van der Waals surface area contributed by atoms with Crippen molar-refractivity contribution >= 4 is 5.97 Å². The highest BCUT2D eigenvalue weighted by atomic mass is 16.4. The Morgan fingerprint density at radius 1 is 1.35 bits per heavy atom. The van der Waals surface area contributed by atoms with Crippen LogP contribution >= 0.6 is 0 Å². The van der Waals surface area contributed by atoms with Crippen molar-refractivity contribution in [3.63, 3.8) is 0 Å². The number of rotatable bonds is 3. The van der Waals surface area contributed by atoms with Crippen molar-refractivity contribution in [2.75, 3.05) is 0 Å². The molecule has 94 valence electrons. The third-order valence-electron chi connectivity index (χ3n) is 3.06. The average molecular weight is 236 g/mol. The first-order chi connectivity index (χ1) is 7.71. The molecule has 0 aliphatic rings. The Bertz CT molecular complexity index is 416. The van der Waals surface area contributed by atoms with Crippen LogP contribution in [0.3, 0.4) is 0 Å². The Kier molecular flexibility index (Phi) is 3.81. The number of carboxylic acid groups (broad SMARTS) is 1. The molecule has 0 saturated heterocycles. The van der Waals surface area contributed by atoms with Gasteiger partial charge in [0, 0.05) is 0 Å². The number of phenolic OH excluding ortho intramolecular Hbond substituents is 1. The third-order valence-corrected chi connectivity index (χ3v) is 3.06. The van der Waals surface area contributed by atoms with Gasteiger partial charge in [-0.3, -0.25) is 4.79 Å². The van der Waals surface area contributed by atoms with Crippen molar-refractivity contribution in [1.82, 2.24) is 0 Å². The Morgan fingerprint density at radius 2 is 1.94 bits per heavy atom. The molecular formula is C14H20O3. The quantitative estimate of drug-likeness (QED) is 0.848. The second kappa shape index (κ2) is 4.78. The number of aromatic hydroxyl groups is 1. The summed E-state index contributed by atoms with van der Waals surface area (Å²) in [5, 5.41) is 18.8. The van der Waals surface area contributed by atoms with Crippen molar-refractivity contribution in [1.29, 1.82) is 0 Å². The fourth-order valence-electron chi connectivity index (χ4n) is 1.78. The van der Waals surface area contributed by atoms with Gasteiger partial charge < -0.3 is 10.2 Å². The Hall–Kier alpha value is -1.51. The van der Waals surface area contributed by atoms with E-state index in [4.69, 9.17) is 0 Å². The molecule has 0 aromatic heterocycles. The van der Waals surface area contributed by atoms with Gasteiger partial charge in [0.2, 0.25) is 0 Å². The van der Waals surface area contributed by atoms with Crippen LogP contribution < -0.4 is 0 Å². The fourth-order valence-corrected chi connectivity index (χ4v) is 1.78. The molecule has 3 heteroatoms. The second-order valence-electron chi connectivity index (χ2n) is 5.58. The van der Waals surface area contributed by atoms with Crippen LogP contribution in [0, 0.1) is 18.3 Å². The molecule has 2 N–H and O–H groups in total. The summed E-state index contributed by atoms with van der Waals surface area (Å²) in [4.78, 5) is 11.2. The summed E-state index contributed by atoms with van der Waals surface area (Å²) in [6.45, 7) is 7.57. The number of benzene rings is 1. The SMILES string of the molecule is Cc1ccc(CC(C(=O)O)C(C)(C)C)cc1O. The van der Waals surface area contributed by atoms with Crippen LogP contribution in [0.1, 0.15) is 31.9 Å². The van der Waals surface area contributed by atoms with Crippen LogP contribution in [0.4, 0.5) is 0 Å². The standard InChI is InChI=1S/C14H20O3/c1-9-5-6-10(8-12(9)15)7-11(13(16)17)14(2,3)4/h5-6,8,11,15H,7H2,1-4H3,(H,16,17). The lowest BCUT2D eigenvalue weighted by Gasteiger charge is -2.27. The van der Waals surface area contributed by atoms with Crippen molar-refractivity contribution in [2.45, 2.75) is 34.1 Å². The zero-order chi connectivity index (χ0) is 13.2. The van der Waals surface area contributed by atoms with Crippen LogP contribution in [0.5, 0.6) is 5.75 Å². The lowest BCUT2D eigenvalue weighted by Crippen LogP contribution is -2.30. The maximum atomic E-state index is 11.2. The highest BCUT2D eigenvalue weighted by Gasteiger charge is 2.31. The lowest BCUT2D eigenvalue weighted by atomic mass is 9.77. The molecule has 17 heavy (non-hydrogen) atoms. The highest BCUT2D eigenvalue weighted by molar-refractivity contribution is 5.71. The summed E-state index contributed by atoms with van der Waals surface area (Å²) in [5.41, 5.74) is 1.36. The van der Waals surface area contributed by atoms with Crippen molar-refractivity contribution in [3.05, 3.63) is 29.3 Å². The van der Waals surface area contributed by atoms with Crippen LogP contribution in [0.2, 0.25) is 0 Å². The molecule has 0 bridgehead atoms. The number of carbonyl (C=O) groups is 1. The first-order valence-corrected chi connectivity index (χ1v) is 5.73. The smallest absolute Gasteiger partial charge is 0.307 e. The molecule has 1 aromatic carbocycles. The summed E-state index contributed by atoms with van der Waals surface area (Å²) < 4.78 is 0. The third kappa shape index (κ3) is 3.48. The first-order valence-electron chi connectivity index (χ1n) is 5.73. The van der Waals surface area contributed by atoms with E-state index >= 15 is 0 Å². The molecule has 0 heterocycles. The van der Waals surface area contributed by atoms with Gasteiger partial charge in [-0.15, -0.1) is 0 Å². The summed E-state index contributed by atoms with van der Waals surface area (Å²) in [6.07, 6.45) is 0.437. The molecule has 3 nitrogen and oxygen atoms in total. The van der Waals surface area contributed by atoms with E-state index in [-0.39, 0.29) is 11.2 Å². The van der Waals surface area contributed by atoms with Gasteiger partial charge in [-0.2, -0.15) is 0 Å². The molecule has 0 radical (unpaired) electrons. The molecular weight excluding hydrogens is 216 g/mol. The van der Waals surface area contributed by atoms with Crippen LogP contribution in [-0.4, -0.2) is 16.2 Å². The fraction of sp³-hybridized carbons (Fsp3) is 0.500. The number of aliphatic carboxylic acids is 1. The van der Waals surface area contributed by atoms with Gasteiger partial charge in [-0.05, 0) is 36.0 Å². The van der Waals surface area contributed by atoms with Crippen molar-refractivity contribution in [3.8, 4) is 5.75 Å². The number of hydrogen-bond acceptors (Lipinski definition) is 2. The minimum Gasteiger partial charge on any atom is -0.508 e. The van der Waals surface area contributed by atoms with E-state index in [9.17, 15) is 15.0 Å². The lowest BCUT2D eigenvalue weighted by molar-refractivity contribution is -0.145. The summed E-state index contributed by atoms with van der Waals surface area (Å²) in [5.74, 6) is -1.03. The molecule has 1 unspecified atom stereocenters. The summed E-state index contributed by atoms with van der Waals surface area (Å²) in [7, 11) is 0. The molecule has 0 aliphatic heterocycles. The normalized spacial score (nSPS) is 13.4. The predicted molar refractivity (Wildman–Crippen MR) is 67.1 cm³/mol. The number of carboxylic acids is 1. The molecule has 1 aromatic rings. The molecule has 0 amide bonds. The summed E-state index contributed by atoms with van der Waals surface area (Å²) in [6, 6.07) is 5.33. The molecule has 1 rings (SSSR count). The number of aryl methyl sites for hydroxylation is 1. The van der Waals surface area contributed by atoms with E-state index in [1.165, 1.54) is 0 Å². The van der Waals surface area contributed by atoms with E-state index < -0.39 is 11.9 Å². The van der Waals surface area contributed by atoms with Gasteiger partial charge >= 0.3 is 5.97 Å². The predicted octanol–water partition coefficient (Wildman–Crippen LogP) is 2.99. The minimum absolute atomic E-state index is 0.223. The van der Waals surface area contributed by atoms with Crippen molar-refractivity contribution < 1.29 is 15.0 Å². The zero-order valence-corrected chi connectivity index (χ0v) is 10.8. The largest absolute Gasteiger partial charge is 0.508 e. The minimum atomic E-state index is -0.794. The Balaban J connectivity index is 2.95. The van der Waals surface area contributed by atoms with Gasteiger partial charge in [-0.1, -0.05) is 32.9 Å². The molecule has 0 fully saturated rings. The maximum absolute atomic E-state index is 11.2. The Morgan fingerprint density at radius 3 is 2.35 bits per heavy atom. The topological polar surface area (TPSA) is 57.5 Å². The first kappa shape index (κ1) is 13.6. The van der Waals surface area contributed by atoms with Crippen LogP contribution in [0.25, 0.3) is 0 Å². The van der Waals surface area contributed by atoms with Gasteiger partial charge in [0.05, 0.1) is 5.92 Å². The van der Waals surface area contributed by atoms with Gasteiger partial charge in [-0.25, -0.2) is 0 Å². The highest BCUT2D eigenvalue weighted by Crippen LogP contribution is 2.30. The van der Waals surface area contributed by atoms with E-state index in [0.717, 1.165) is 11.1 Å². The maximum Gasteiger partial charge on any atom is 0.307 e. The van der Waals surface area contributed by atoms with Gasteiger partial charge in [0.15, 0.2) is 0 Å². The van der Waals surface area contributed by atoms with Crippen LogP contribution in [0.15, 0.2) is 18.2 Å². The van der Waals surface area contributed by atoms with E-state index in [0.29, 0.717) is 6.42 Å². The zero-order valence-electron chi connectivity index (χ0n) is 10.8. The molecule has 0 spiro atoms. The van der Waals surface area contributed by atoms with Crippen LogP contribution in [-0.2, 0) is 11.2 Å². The van der Waals surface area contributed by atoms with Gasteiger partial charge in [0.25, 0.3) is 0 Å². The summed E-state index contributed by atoms with van der Waals surface area (Å²) >= 11 is 0. The van der Waals surface area contributed by atoms with Crippen molar-refractivity contribution in [2.24, 2.45) is 11.3 Å². The number of phenols is 1. The number of hydrogen-bond donors (Lipinski definition) is 2. The van der Waals surface area contributed by atoms with E-state index in [2.05, 4.69) is 0 Å².